The molecule has 0 saturated carbocycles. The summed E-state index contributed by atoms with van der Waals surface area (Å²) in [6.07, 6.45) is 1.83. The molecule has 16 heavy (non-hydrogen) atoms. The fraction of sp³-hybridized carbons (Fsp3) is 0.429. The van der Waals surface area contributed by atoms with Crippen molar-refractivity contribution in [1.82, 2.24) is 0 Å². The largest absolute Gasteiger partial charge is 0.428 e. The fourth-order valence-corrected chi connectivity index (χ4v) is 3.13. The maximum Gasteiger partial charge on any atom is 0.214 e. The summed E-state index contributed by atoms with van der Waals surface area (Å²) in [5.41, 5.74) is 2.45. The van der Waals surface area contributed by atoms with Crippen molar-refractivity contribution in [3.05, 3.63) is 35.9 Å². The number of benzene rings is 1. The second-order valence-electron chi connectivity index (χ2n) is 5.82. The van der Waals surface area contributed by atoms with Gasteiger partial charge in [0.25, 0.3) is 0 Å². The molecule has 1 nitrogen and oxygen atoms in total. The van der Waals surface area contributed by atoms with Gasteiger partial charge in [0.1, 0.15) is 0 Å². The molecule has 1 aromatic carbocycles. The SMILES string of the molecule is C=Cc1ccc(C(C)(C)C)cc1[Si](C)(C)O. The van der Waals surface area contributed by atoms with Crippen molar-refractivity contribution in [2.24, 2.45) is 0 Å². The fourth-order valence-electron chi connectivity index (χ4n) is 1.73. The lowest BCUT2D eigenvalue weighted by Crippen LogP contribution is -2.43. The summed E-state index contributed by atoms with van der Waals surface area (Å²) in [4.78, 5) is 10.3. The van der Waals surface area contributed by atoms with Gasteiger partial charge in [-0.3, -0.25) is 0 Å². The van der Waals surface area contributed by atoms with E-state index in [2.05, 4.69) is 45.5 Å². The van der Waals surface area contributed by atoms with Crippen LogP contribution in [0.25, 0.3) is 6.08 Å². The predicted octanol–water partition coefficient (Wildman–Crippen LogP) is 3.03. The number of hydrogen-bond donors (Lipinski definition) is 1. The van der Waals surface area contributed by atoms with Crippen molar-refractivity contribution >= 4 is 19.6 Å². The normalized spacial score (nSPS) is 12.6. The molecule has 88 valence electrons. The van der Waals surface area contributed by atoms with Gasteiger partial charge in [-0.25, -0.2) is 0 Å². The second-order valence-corrected chi connectivity index (χ2v) is 9.47. The van der Waals surface area contributed by atoms with E-state index in [4.69, 9.17) is 0 Å². The Hall–Kier alpha value is -0.863. The molecule has 0 unspecified atom stereocenters. The summed E-state index contributed by atoms with van der Waals surface area (Å²) in [5.74, 6) is 0. The summed E-state index contributed by atoms with van der Waals surface area (Å²) in [5, 5.41) is 1.08. The molecule has 1 rings (SSSR count). The van der Waals surface area contributed by atoms with Gasteiger partial charge in [-0.15, -0.1) is 0 Å². The van der Waals surface area contributed by atoms with Gasteiger partial charge in [-0.05, 0) is 34.8 Å². The van der Waals surface area contributed by atoms with Gasteiger partial charge in [0.15, 0.2) is 0 Å². The molecular weight excluding hydrogens is 212 g/mol. The van der Waals surface area contributed by atoms with Crippen LogP contribution in [0.2, 0.25) is 13.1 Å². The third-order valence-corrected chi connectivity index (χ3v) is 4.55. The van der Waals surface area contributed by atoms with E-state index in [1.54, 1.807) is 0 Å². The Morgan fingerprint density at radius 1 is 1.25 bits per heavy atom. The topological polar surface area (TPSA) is 20.2 Å². The van der Waals surface area contributed by atoms with Crippen LogP contribution in [0.1, 0.15) is 31.9 Å². The number of rotatable bonds is 2. The molecule has 0 aliphatic rings. The highest BCUT2D eigenvalue weighted by Gasteiger charge is 2.25. The predicted molar refractivity (Wildman–Crippen MR) is 74.6 cm³/mol. The van der Waals surface area contributed by atoms with Crippen molar-refractivity contribution in [2.45, 2.75) is 39.3 Å². The first-order chi connectivity index (χ1) is 7.16. The van der Waals surface area contributed by atoms with Crippen molar-refractivity contribution in [1.29, 1.82) is 0 Å². The molecule has 0 aliphatic heterocycles. The Balaban J connectivity index is 3.39. The lowest BCUT2D eigenvalue weighted by atomic mass is 9.86. The monoisotopic (exact) mass is 234 g/mol. The molecule has 0 fully saturated rings. The van der Waals surface area contributed by atoms with Gasteiger partial charge in [0, 0.05) is 0 Å². The van der Waals surface area contributed by atoms with Crippen LogP contribution in [-0.4, -0.2) is 13.1 Å². The average molecular weight is 234 g/mol. The molecule has 0 atom stereocenters. The molecule has 0 aliphatic carbocycles. The summed E-state index contributed by atoms with van der Waals surface area (Å²) >= 11 is 0. The van der Waals surface area contributed by atoms with E-state index in [1.807, 2.05) is 19.2 Å². The van der Waals surface area contributed by atoms with Gasteiger partial charge >= 0.3 is 0 Å². The molecule has 0 bridgehead atoms. The van der Waals surface area contributed by atoms with Crippen LogP contribution in [0.5, 0.6) is 0 Å². The second kappa shape index (κ2) is 4.19. The van der Waals surface area contributed by atoms with Crippen LogP contribution in [-0.2, 0) is 5.41 Å². The van der Waals surface area contributed by atoms with E-state index >= 15 is 0 Å². The quantitative estimate of drug-likeness (QED) is 0.780. The van der Waals surface area contributed by atoms with Crippen LogP contribution < -0.4 is 5.19 Å². The number of hydrogen-bond acceptors (Lipinski definition) is 1. The molecule has 0 spiro atoms. The van der Waals surface area contributed by atoms with Crippen LogP contribution in [0, 0.1) is 0 Å². The first kappa shape index (κ1) is 13.2. The standard InChI is InChI=1S/C14H22OSi/c1-7-11-8-9-12(14(2,3)4)10-13(11)16(5,6)15/h7-10,15H,1H2,2-6H3. The van der Waals surface area contributed by atoms with E-state index < -0.39 is 8.32 Å². The maximum absolute atomic E-state index is 10.3. The van der Waals surface area contributed by atoms with Gasteiger partial charge < -0.3 is 4.80 Å². The van der Waals surface area contributed by atoms with E-state index in [9.17, 15) is 4.80 Å². The lowest BCUT2D eigenvalue weighted by molar-refractivity contribution is 0.567. The van der Waals surface area contributed by atoms with Crippen LogP contribution in [0.15, 0.2) is 24.8 Å². The molecule has 2 heteroatoms. The molecule has 0 amide bonds. The summed E-state index contributed by atoms with van der Waals surface area (Å²) in [7, 11) is -2.28. The Morgan fingerprint density at radius 3 is 2.19 bits per heavy atom. The Bertz CT molecular complexity index is 394. The van der Waals surface area contributed by atoms with Crippen LogP contribution >= 0.6 is 0 Å². The molecular formula is C14H22OSi. The zero-order chi connectivity index (χ0) is 12.6. The van der Waals surface area contributed by atoms with Crippen molar-refractivity contribution in [3.63, 3.8) is 0 Å². The molecule has 1 aromatic rings. The van der Waals surface area contributed by atoms with E-state index in [0.717, 1.165) is 10.8 Å². The van der Waals surface area contributed by atoms with E-state index in [0.29, 0.717) is 0 Å². The van der Waals surface area contributed by atoms with Crippen LogP contribution in [0.3, 0.4) is 0 Å². The third-order valence-electron chi connectivity index (χ3n) is 2.80. The van der Waals surface area contributed by atoms with Gasteiger partial charge in [-0.2, -0.15) is 0 Å². The first-order valence-corrected chi connectivity index (χ1v) is 8.61. The maximum atomic E-state index is 10.3. The minimum atomic E-state index is -2.28. The average Bonchev–Trinajstić information content (AvgIpc) is 2.14. The molecule has 1 N–H and O–H groups in total. The van der Waals surface area contributed by atoms with Crippen LogP contribution in [0.4, 0.5) is 0 Å². The summed E-state index contributed by atoms with van der Waals surface area (Å²) in [6.45, 7) is 14.3. The smallest absolute Gasteiger partial charge is 0.214 e. The zero-order valence-electron chi connectivity index (χ0n) is 11.0. The zero-order valence-corrected chi connectivity index (χ0v) is 12.0. The molecule has 0 heterocycles. The Kier molecular flexibility index (Phi) is 3.46. The highest BCUT2D eigenvalue weighted by molar-refractivity contribution is 6.83. The lowest BCUT2D eigenvalue weighted by Gasteiger charge is -2.24. The minimum Gasteiger partial charge on any atom is -0.428 e. The summed E-state index contributed by atoms with van der Waals surface area (Å²) in [6, 6.07) is 6.33. The van der Waals surface area contributed by atoms with Crippen molar-refractivity contribution in [2.75, 3.05) is 0 Å². The van der Waals surface area contributed by atoms with Gasteiger partial charge in [0.05, 0.1) is 0 Å². The van der Waals surface area contributed by atoms with Crippen molar-refractivity contribution in [3.8, 4) is 0 Å². The Labute approximate surface area is 100.0 Å². The van der Waals surface area contributed by atoms with E-state index in [1.165, 1.54) is 5.56 Å². The highest BCUT2D eigenvalue weighted by Crippen LogP contribution is 2.22. The van der Waals surface area contributed by atoms with Gasteiger partial charge in [0.2, 0.25) is 8.32 Å². The molecule has 0 saturated heterocycles. The van der Waals surface area contributed by atoms with Gasteiger partial charge in [-0.1, -0.05) is 51.6 Å². The van der Waals surface area contributed by atoms with Crippen molar-refractivity contribution < 1.29 is 4.80 Å². The van der Waals surface area contributed by atoms with E-state index in [-0.39, 0.29) is 5.41 Å². The summed E-state index contributed by atoms with van der Waals surface area (Å²) < 4.78 is 0. The molecule has 0 radical (unpaired) electrons. The minimum absolute atomic E-state index is 0.119. The first-order valence-electron chi connectivity index (χ1n) is 5.66. The molecule has 0 aromatic heterocycles. The highest BCUT2D eigenvalue weighted by atomic mass is 28.4. The Morgan fingerprint density at radius 2 is 1.81 bits per heavy atom. The third kappa shape index (κ3) is 2.83.